The quantitative estimate of drug-likeness (QED) is 0.350. The lowest BCUT2D eigenvalue weighted by atomic mass is 9.98. The lowest BCUT2D eigenvalue weighted by molar-refractivity contribution is -0.138. The Morgan fingerprint density at radius 3 is 2.58 bits per heavy atom. The lowest BCUT2D eigenvalue weighted by Gasteiger charge is -2.19. The predicted molar refractivity (Wildman–Crippen MR) is 142 cm³/mol. The van der Waals surface area contributed by atoms with E-state index in [9.17, 15) is 18.0 Å². The summed E-state index contributed by atoms with van der Waals surface area (Å²) < 4.78 is 46.3. The molecule has 1 saturated carbocycles. The average Bonchev–Trinajstić information content (AvgIpc) is 3.23. The van der Waals surface area contributed by atoms with Gasteiger partial charge in [-0.05, 0) is 66.6 Å². The fourth-order valence-electron chi connectivity index (χ4n) is 6.32. The molecule has 0 bridgehead atoms. The maximum Gasteiger partial charge on any atom is 0.416 e. The van der Waals surface area contributed by atoms with E-state index in [2.05, 4.69) is 20.2 Å². The van der Waals surface area contributed by atoms with Gasteiger partial charge in [0.15, 0.2) is 5.82 Å². The predicted octanol–water partition coefficient (Wildman–Crippen LogP) is 5.05. The number of nitrogens with zero attached hydrogens (tertiary/aromatic N) is 7. The monoisotopic (exact) mass is 547 g/mol. The summed E-state index contributed by atoms with van der Waals surface area (Å²) in [6.45, 7) is 2.09. The number of carbonyl (C=O) groups excluding carboxylic acids is 1. The molecule has 0 atom stereocenters. The number of fused-ring (bicyclic) bond motifs is 1. The first kappa shape index (κ1) is 25.0. The largest absolute Gasteiger partial charge is 0.416 e. The van der Waals surface area contributed by atoms with Crippen LogP contribution in [0.4, 0.5) is 18.9 Å². The molecule has 206 valence electrons. The first-order valence-electron chi connectivity index (χ1n) is 13.4. The molecule has 2 aromatic carbocycles. The van der Waals surface area contributed by atoms with Crippen LogP contribution in [0.5, 0.6) is 0 Å². The van der Waals surface area contributed by atoms with E-state index in [4.69, 9.17) is 0 Å². The van der Waals surface area contributed by atoms with E-state index in [1.165, 1.54) is 23.8 Å². The zero-order chi connectivity index (χ0) is 27.8. The highest BCUT2D eigenvalue weighted by atomic mass is 19.4. The van der Waals surface area contributed by atoms with Gasteiger partial charge in [0.05, 0.1) is 29.6 Å². The summed E-state index contributed by atoms with van der Waals surface area (Å²) in [6.07, 6.45) is 2.25. The number of halogens is 3. The van der Waals surface area contributed by atoms with Crippen molar-refractivity contribution < 1.29 is 18.0 Å². The van der Waals surface area contributed by atoms with Crippen LogP contribution in [0.2, 0.25) is 0 Å². The van der Waals surface area contributed by atoms with Gasteiger partial charge in [-0.25, -0.2) is 0 Å². The molecular formula is C29H28F3N7O. The van der Waals surface area contributed by atoms with Crippen molar-refractivity contribution in [3.63, 3.8) is 0 Å². The van der Waals surface area contributed by atoms with Crippen LogP contribution in [0.1, 0.15) is 46.3 Å². The molecule has 40 heavy (non-hydrogen) atoms. The summed E-state index contributed by atoms with van der Waals surface area (Å²) in [5.41, 5.74) is 3.17. The Morgan fingerprint density at radius 2 is 1.88 bits per heavy atom. The van der Waals surface area contributed by atoms with Crippen LogP contribution in [0.25, 0.3) is 22.6 Å². The smallest absolute Gasteiger partial charge is 0.317 e. The number of rotatable bonds is 5. The molecule has 1 aliphatic carbocycles. The number of benzene rings is 2. The zero-order valence-electron chi connectivity index (χ0n) is 22.2. The lowest BCUT2D eigenvalue weighted by Crippen LogP contribution is -2.23. The third kappa shape index (κ3) is 4.11. The van der Waals surface area contributed by atoms with Crippen LogP contribution in [-0.4, -0.2) is 48.4 Å². The van der Waals surface area contributed by atoms with E-state index < -0.39 is 17.6 Å². The highest BCUT2D eigenvalue weighted by molar-refractivity contribution is 6.10. The van der Waals surface area contributed by atoms with E-state index in [0.717, 1.165) is 36.3 Å². The number of anilines is 1. The van der Waals surface area contributed by atoms with Crippen LogP contribution in [0.3, 0.4) is 0 Å². The molecule has 2 fully saturated rings. The molecule has 4 aromatic rings. The molecule has 1 spiro atoms. The second-order valence-electron chi connectivity index (χ2n) is 11.4. The molecule has 8 nitrogen and oxygen atoms in total. The van der Waals surface area contributed by atoms with Crippen molar-refractivity contribution in [1.82, 2.24) is 29.4 Å². The van der Waals surface area contributed by atoms with E-state index in [-0.39, 0.29) is 17.7 Å². The van der Waals surface area contributed by atoms with Gasteiger partial charge in [-0.15, -0.1) is 10.2 Å². The van der Waals surface area contributed by atoms with E-state index in [1.54, 1.807) is 47.0 Å². The Labute approximate surface area is 229 Å². The summed E-state index contributed by atoms with van der Waals surface area (Å²) in [5.74, 6) is 0.212. The molecule has 1 saturated heterocycles. The Morgan fingerprint density at radius 1 is 1.05 bits per heavy atom. The summed E-state index contributed by atoms with van der Waals surface area (Å²) in [5, 5.41) is 12.6. The Kier molecular flexibility index (Phi) is 5.47. The molecule has 0 N–H and O–H groups in total. The first-order chi connectivity index (χ1) is 19.1. The normalized spacial score (nSPS) is 18.2. The average molecular weight is 548 g/mol. The van der Waals surface area contributed by atoms with Gasteiger partial charge in [0.2, 0.25) is 0 Å². The van der Waals surface area contributed by atoms with Crippen LogP contribution in [-0.2, 0) is 33.4 Å². The molecular weight excluding hydrogens is 519 g/mol. The minimum atomic E-state index is -4.55. The molecule has 4 heterocycles. The number of amides is 1. The molecule has 2 aromatic heterocycles. The van der Waals surface area contributed by atoms with E-state index >= 15 is 0 Å². The molecule has 7 rings (SSSR count). The van der Waals surface area contributed by atoms with Crippen molar-refractivity contribution in [1.29, 1.82) is 0 Å². The third-order valence-electron chi connectivity index (χ3n) is 8.61. The Bertz CT molecular complexity index is 1650. The van der Waals surface area contributed by atoms with Gasteiger partial charge >= 0.3 is 6.18 Å². The molecule has 3 aliphatic rings. The zero-order valence-corrected chi connectivity index (χ0v) is 22.2. The molecule has 0 unspecified atom stereocenters. The van der Waals surface area contributed by atoms with Gasteiger partial charge in [0, 0.05) is 44.0 Å². The maximum atomic E-state index is 14.3. The third-order valence-corrected chi connectivity index (χ3v) is 8.61. The van der Waals surface area contributed by atoms with Crippen molar-refractivity contribution >= 4 is 11.6 Å². The molecule has 0 radical (unpaired) electrons. The topological polar surface area (TPSA) is 72.1 Å². The Hall–Kier alpha value is -3.99. The Balaban J connectivity index is 1.23. The maximum absolute atomic E-state index is 14.3. The van der Waals surface area contributed by atoms with Gasteiger partial charge < -0.3 is 9.47 Å². The number of hydrogen-bond donors (Lipinski definition) is 0. The van der Waals surface area contributed by atoms with Crippen molar-refractivity contribution in [3.05, 3.63) is 71.2 Å². The highest BCUT2D eigenvalue weighted by Crippen LogP contribution is 2.53. The molecule has 1 amide bonds. The summed E-state index contributed by atoms with van der Waals surface area (Å²) in [4.78, 5) is 17.3. The van der Waals surface area contributed by atoms with Crippen molar-refractivity contribution in [3.8, 4) is 22.6 Å². The molecule has 11 heteroatoms. The van der Waals surface area contributed by atoms with Crippen LogP contribution >= 0.6 is 0 Å². The van der Waals surface area contributed by atoms with Crippen LogP contribution < -0.4 is 4.90 Å². The van der Waals surface area contributed by atoms with Crippen molar-refractivity contribution in [2.45, 2.75) is 38.5 Å². The number of aryl methyl sites for hydroxylation is 2. The van der Waals surface area contributed by atoms with E-state index in [0.29, 0.717) is 29.0 Å². The van der Waals surface area contributed by atoms with E-state index in [1.807, 2.05) is 19.2 Å². The summed E-state index contributed by atoms with van der Waals surface area (Å²) >= 11 is 0. The number of carbonyl (C=O) groups is 1. The SMILES string of the molecule is Cn1cnnc1-c1cnn(C)c1-c1cccc(N2Cc3c(cc(CN4CCC5(CC5)C4)cc3C(F)(F)F)C2=O)c1. The van der Waals surface area contributed by atoms with Gasteiger partial charge in [-0.1, -0.05) is 12.1 Å². The second-order valence-corrected chi connectivity index (χ2v) is 11.4. The summed E-state index contributed by atoms with van der Waals surface area (Å²) in [7, 11) is 3.64. The summed E-state index contributed by atoms with van der Waals surface area (Å²) in [6, 6.07) is 10.2. The van der Waals surface area contributed by atoms with Crippen LogP contribution in [0.15, 0.2) is 48.9 Å². The first-order valence-corrected chi connectivity index (χ1v) is 13.4. The standard InChI is InChI=1S/C29H28F3N7O/c1-36-17-33-35-26(36)22-13-34-37(2)25(22)19-4-3-5-20(12-19)39-15-23-21(27(39)40)10-18(11-24(23)29(30,31)32)14-38-9-8-28(16-38)6-7-28/h3-5,10-13,17H,6-9,14-16H2,1-2H3. The van der Waals surface area contributed by atoms with Gasteiger partial charge in [0.25, 0.3) is 5.91 Å². The fraction of sp³-hybridized carbons (Fsp3) is 0.379. The minimum absolute atomic E-state index is 0.0343. The van der Waals surface area contributed by atoms with Gasteiger partial charge in [-0.2, -0.15) is 18.3 Å². The number of hydrogen-bond acceptors (Lipinski definition) is 5. The second kappa shape index (κ2) is 8.76. The number of likely N-dealkylation sites (tertiary alicyclic amines) is 1. The highest BCUT2D eigenvalue weighted by Gasteiger charge is 2.47. The number of alkyl halides is 3. The van der Waals surface area contributed by atoms with Gasteiger partial charge in [0.1, 0.15) is 6.33 Å². The minimum Gasteiger partial charge on any atom is -0.317 e. The molecule has 2 aliphatic heterocycles. The van der Waals surface area contributed by atoms with Crippen LogP contribution in [0, 0.1) is 5.41 Å². The van der Waals surface area contributed by atoms with Gasteiger partial charge in [-0.3, -0.25) is 14.4 Å². The van der Waals surface area contributed by atoms with Crippen molar-refractivity contribution in [2.24, 2.45) is 19.5 Å². The number of aromatic nitrogens is 5. The fourth-order valence-corrected chi connectivity index (χ4v) is 6.32. The van der Waals surface area contributed by atoms with Crippen molar-refractivity contribution in [2.75, 3.05) is 18.0 Å².